The fourth-order valence-electron chi connectivity index (χ4n) is 1.07. The van der Waals surface area contributed by atoms with Crippen LogP contribution in [0.2, 0.25) is 0 Å². The van der Waals surface area contributed by atoms with E-state index < -0.39 is 0 Å². The van der Waals surface area contributed by atoms with Gasteiger partial charge in [0.15, 0.2) is 0 Å². The van der Waals surface area contributed by atoms with Crippen LogP contribution in [0, 0.1) is 0 Å². The molecule has 0 amide bonds. The van der Waals surface area contributed by atoms with E-state index >= 15 is 0 Å². The van der Waals surface area contributed by atoms with E-state index in [1.54, 1.807) is 0 Å². The first-order valence-electron chi connectivity index (χ1n) is 3.35. The van der Waals surface area contributed by atoms with Crippen LogP contribution in [0.5, 0.6) is 0 Å². The molecule has 52 valence electrons. The average molecular weight is 146 g/mol. The SMILES string of the molecule is CC(Cl)=C1CCNCC1. The normalized spacial score (nSPS) is 20.0. The van der Waals surface area contributed by atoms with Crippen LogP contribution in [0.1, 0.15) is 19.8 Å². The lowest BCUT2D eigenvalue weighted by Crippen LogP contribution is -2.23. The minimum absolute atomic E-state index is 0.997. The predicted octanol–water partition coefficient (Wildman–Crippen LogP) is 1.88. The van der Waals surface area contributed by atoms with Crippen LogP contribution in [0.15, 0.2) is 10.6 Å². The van der Waals surface area contributed by atoms with E-state index in [0.717, 1.165) is 31.0 Å². The van der Waals surface area contributed by atoms with E-state index in [-0.39, 0.29) is 0 Å². The molecule has 9 heavy (non-hydrogen) atoms. The summed E-state index contributed by atoms with van der Waals surface area (Å²) in [4.78, 5) is 0. The van der Waals surface area contributed by atoms with Crippen molar-refractivity contribution >= 4 is 11.6 Å². The first kappa shape index (κ1) is 7.10. The summed E-state index contributed by atoms with van der Waals surface area (Å²) in [5.41, 5.74) is 1.43. The number of nitrogens with one attached hydrogen (secondary N) is 1. The number of piperidine rings is 1. The summed E-state index contributed by atoms with van der Waals surface area (Å²) in [5.74, 6) is 0. The average Bonchev–Trinajstić information content (AvgIpc) is 1.90. The van der Waals surface area contributed by atoms with Crippen LogP contribution in [0.25, 0.3) is 0 Å². The zero-order valence-corrected chi connectivity index (χ0v) is 6.46. The number of allylic oxidation sites excluding steroid dienone is 1. The lowest BCUT2D eigenvalue weighted by Gasteiger charge is -2.15. The maximum Gasteiger partial charge on any atom is 0.0143 e. The van der Waals surface area contributed by atoms with Crippen LogP contribution in [0.3, 0.4) is 0 Å². The van der Waals surface area contributed by atoms with Gasteiger partial charge < -0.3 is 5.32 Å². The Morgan fingerprint density at radius 1 is 1.44 bits per heavy atom. The fraction of sp³-hybridized carbons (Fsp3) is 0.714. The number of hydrogen-bond acceptors (Lipinski definition) is 1. The summed E-state index contributed by atoms with van der Waals surface area (Å²) in [6, 6.07) is 0. The molecule has 1 nitrogen and oxygen atoms in total. The molecule has 1 heterocycles. The topological polar surface area (TPSA) is 12.0 Å². The fourth-order valence-corrected chi connectivity index (χ4v) is 1.26. The molecular weight excluding hydrogens is 134 g/mol. The zero-order chi connectivity index (χ0) is 6.69. The van der Waals surface area contributed by atoms with Crippen molar-refractivity contribution in [1.29, 1.82) is 0 Å². The Morgan fingerprint density at radius 3 is 2.33 bits per heavy atom. The first-order chi connectivity index (χ1) is 4.30. The second-order valence-corrected chi connectivity index (χ2v) is 2.95. The number of rotatable bonds is 0. The van der Waals surface area contributed by atoms with Gasteiger partial charge in [0.25, 0.3) is 0 Å². The second kappa shape index (κ2) is 3.23. The second-order valence-electron chi connectivity index (χ2n) is 2.39. The van der Waals surface area contributed by atoms with Crippen molar-refractivity contribution in [2.75, 3.05) is 13.1 Å². The van der Waals surface area contributed by atoms with Gasteiger partial charge in [0.1, 0.15) is 0 Å². The standard InChI is InChI=1S/C7H12ClN/c1-6(8)7-2-4-9-5-3-7/h9H,2-5H2,1H3. The molecule has 1 aliphatic heterocycles. The minimum Gasteiger partial charge on any atom is -0.316 e. The maximum atomic E-state index is 5.81. The Kier molecular flexibility index (Phi) is 2.55. The smallest absolute Gasteiger partial charge is 0.0143 e. The lowest BCUT2D eigenvalue weighted by atomic mass is 10.1. The van der Waals surface area contributed by atoms with Gasteiger partial charge in [0.2, 0.25) is 0 Å². The van der Waals surface area contributed by atoms with E-state index in [1.807, 2.05) is 6.92 Å². The predicted molar refractivity (Wildman–Crippen MR) is 40.7 cm³/mol. The molecule has 0 aliphatic carbocycles. The van der Waals surface area contributed by atoms with Gasteiger partial charge in [-0.3, -0.25) is 0 Å². The highest BCUT2D eigenvalue weighted by molar-refractivity contribution is 6.29. The molecule has 0 unspecified atom stereocenters. The van der Waals surface area contributed by atoms with Gasteiger partial charge in [-0.1, -0.05) is 17.2 Å². The molecule has 1 aliphatic rings. The van der Waals surface area contributed by atoms with Crippen LogP contribution in [0.4, 0.5) is 0 Å². The van der Waals surface area contributed by atoms with E-state index in [1.165, 1.54) is 5.57 Å². The monoisotopic (exact) mass is 145 g/mol. The van der Waals surface area contributed by atoms with Gasteiger partial charge in [0, 0.05) is 5.03 Å². The van der Waals surface area contributed by atoms with E-state index in [0.29, 0.717) is 0 Å². The summed E-state index contributed by atoms with van der Waals surface area (Å²) >= 11 is 5.81. The van der Waals surface area contributed by atoms with Crippen LogP contribution in [-0.4, -0.2) is 13.1 Å². The Bertz CT molecular complexity index is 117. The molecule has 0 spiro atoms. The third kappa shape index (κ3) is 1.99. The number of hydrogen-bond donors (Lipinski definition) is 1. The Labute approximate surface area is 61.1 Å². The molecule has 0 atom stereocenters. The van der Waals surface area contributed by atoms with E-state index in [4.69, 9.17) is 11.6 Å². The van der Waals surface area contributed by atoms with Crippen LogP contribution >= 0.6 is 11.6 Å². The highest BCUT2D eigenvalue weighted by atomic mass is 35.5. The molecular formula is C7H12ClN. The highest BCUT2D eigenvalue weighted by Crippen LogP contribution is 2.17. The summed E-state index contributed by atoms with van der Waals surface area (Å²) in [5, 5.41) is 4.27. The summed E-state index contributed by atoms with van der Waals surface area (Å²) < 4.78 is 0. The van der Waals surface area contributed by atoms with Gasteiger partial charge >= 0.3 is 0 Å². The van der Waals surface area contributed by atoms with Crippen molar-refractivity contribution in [1.82, 2.24) is 5.32 Å². The molecule has 1 rings (SSSR count). The molecule has 0 radical (unpaired) electrons. The van der Waals surface area contributed by atoms with Crippen LogP contribution in [-0.2, 0) is 0 Å². The van der Waals surface area contributed by atoms with Crippen LogP contribution < -0.4 is 5.32 Å². The Balaban J connectivity index is 2.49. The molecule has 0 saturated carbocycles. The molecule has 1 fully saturated rings. The highest BCUT2D eigenvalue weighted by Gasteiger charge is 2.05. The van der Waals surface area contributed by atoms with Crippen molar-refractivity contribution in [3.05, 3.63) is 10.6 Å². The molecule has 2 heteroatoms. The summed E-state index contributed by atoms with van der Waals surface area (Å²) in [6.45, 7) is 4.17. The molecule has 1 N–H and O–H groups in total. The van der Waals surface area contributed by atoms with Gasteiger partial charge in [-0.05, 0) is 32.9 Å². The third-order valence-corrected chi connectivity index (χ3v) is 1.96. The van der Waals surface area contributed by atoms with E-state index in [9.17, 15) is 0 Å². The summed E-state index contributed by atoms with van der Waals surface area (Å²) in [6.07, 6.45) is 2.27. The first-order valence-corrected chi connectivity index (χ1v) is 3.73. The minimum atomic E-state index is 0.997. The Morgan fingerprint density at radius 2 is 2.00 bits per heavy atom. The van der Waals surface area contributed by atoms with Gasteiger partial charge in [-0.15, -0.1) is 0 Å². The van der Waals surface area contributed by atoms with Gasteiger partial charge in [-0.2, -0.15) is 0 Å². The third-order valence-electron chi connectivity index (χ3n) is 1.69. The molecule has 0 aromatic carbocycles. The van der Waals surface area contributed by atoms with Crippen molar-refractivity contribution in [2.24, 2.45) is 0 Å². The van der Waals surface area contributed by atoms with Crippen molar-refractivity contribution in [3.8, 4) is 0 Å². The largest absolute Gasteiger partial charge is 0.316 e. The Hall–Kier alpha value is -0.0100. The van der Waals surface area contributed by atoms with Crippen molar-refractivity contribution < 1.29 is 0 Å². The molecule has 0 bridgehead atoms. The van der Waals surface area contributed by atoms with Gasteiger partial charge in [-0.25, -0.2) is 0 Å². The molecule has 1 saturated heterocycles. The maximum absolute atomic E-state index is 5.81. The summed E-state index contributed by atoms with van der Waals surface area (Å²) in [7, 11) is 0. The van der Waals surface area contributed by atoms with Gasteiger partial charge in [0.05, 0.1) is 0 Å². The van der Waals surface area contributed by atoms with E-state index in [2.05, 4.69) is 5.32 Å². The molecule has 0 aromatic rings. The van der Waals surface area contributed by atoms with Crippen molar-refractivity contribution in [2.45, 2.75) is 19.8 Å². The molecule has 0 aromatic heterocycles. The lowest BCUT2D eigenvalue weighted by molar-refractivity contribution is 0.608. The quantitative estimate of drug-likeness (QED) is 0.549. The van der Waals surface area contributed by atoms with Crippen molar-refractivity contribution in [3.63, 3.8) is 0 Å². The zero-order valence-electron chi connectivity index (χ0n) is 5.71. The number of halogens is 1.